The summed E-state index contributed by atoms with van der Waals surface area (Å²) in [5, 5.41) is 3.22. The van der Waals surface area contributed by atoms with E-state index < -0.39 is 28.5 Å². The molecule has 1 saturated carbocycles. The summed E-state index contributed by atoms with van der Waals surface area (Å²) in [7, 11) is -4.14. The third-order valence-corrected chi connectivity index (χ3v) is 10.4. The molecule has 1 fully saturated rings. The molecule has 0 heterocycles. The van der Waals surface area contributed by atoms with Crippen molar-refractivity contribution >= 4 is 27.5 Å². The van der Waals surface area contributed by atoms with Crippen LogP contribution in [0.25, 0.3) is 0 Å². The molecule has 46 heavy (non-hydrogen) atoms. The van der Waals surface area contributed by atoms with Gasteiger partial charge in [-0.15, -0.1) is 0 Å². The molecular formula is C38H43N3O4S. The van der Waals surface area contributed by atoms with E-state index in [0.29, 0.717) is 12.1 Å². The molecule has 0 unspecified atom stereocenters. The van der Waals surface area contributed by atoms with Crippen molar-refractivity contribution in [3.63, 3.8) is 0 Å². The highest BCUT2D eigenvalue weighted by Crippen LogP contribution is 2.29. The fourth-order valence-electron chi connectivity index (χ4n) is 6.25. The van der Waals surface area contributed by atoms with E-state index in [9.17, 15) is 18.0 Å². The van der Waals surface area contributed by atoms with E-state index >= 15 is 0 Å². The van der Waals surface area contributed by atoms with Crippen molar-refractivity contribution in [2.24, 2.45) is 0 Å². The van der Waals surface area contributed by atoms with Gasteiger partial charge in [-0.2, -0.15) is 0 Å². The van der Waals surface area contributed by atoms with E-state index in [0.717, 1.165) is 53.5 Å². The second kappa shape index (κ2) is 14.8. The lowest BCUT2D eigenvalue weighted by molar-refractivity contribution is -0.140. The Morgan fingerprint density at radius 1 is 0.783 bits per heavy atom. The number of amides is 2. The monoisotopic (exact) mass is 637 g/mol. The fourth-order valence-corrected chi connectivity index (χ4v) is 7.75. The lowest BCUT2D eigenvalue weighted by Gasteiger charge is -2.34. The van der Waals surface area contributed by atoms with E-state index in [1.165, 1.54) is 16.4 Å². The van der Waals surface area contributed by atoms with Gasteiger partial charge in [0, 0.05) is 19.0 Å². The van der Waals surface area contributed by atoms with Crippen LogP contribution in [-0.2, 0) is 32.6 Å². The maximum atomic E-state index is 14.7. The van der Waals surface area contributed by atoms with E-state index in [4.69, 9.17) is 0 Å². The molecule has 1 aliphatic rings. The average Bonchev–Trinajstić information content (AvgIpc) is 3.56. The zero-order valence-electron chi connectivity index (χ0n) is 26.9. The lowest BCUT2D eigenvalue weighted by atomic mass is 10.0. The normalized spacial score (nSPS) is 14.1. The number of nitrogens with one attached hydrogen (secondary N) is 1. The maximum Gasteiger partial charge on any atom is 0.264 e. The van der Waals surface area contributed by atoms with Gasteiger partial charge < -0.3 is 10.2 Å². The summed E-state index contributed by atoms with van der Waals surface area (Å²) in [6.07, 6.45) is 4.23. The van der Waals surface area contributed by atoms with Crippen LogP contribution >= 0.6 is 0 Å². The number of aryl methyl sites for hydroxylation is 3. The van der Waals surface area contributed by atoms with Crippen molar-refractivity contribution in [3.8, 4) is 0 Å². The molecule has 7 nitrogen and oxygen atoms in total. The number of sulfonamides is 1. The van der Waals surface area contributed by atoms with Gasteiger partial charge in [-0.1, -0.05) is 109 Å². The predicted octanol–water partition coefficient (Wildman–Crippen LogP) is 6.51. The minimum absolute atomic E-state index is 0.0619. The molecule has 4 aromatic carbocycles. The first-order chi connectivity index (χ1) is 22.1. The molecule has 2 amide bonds. The Hall–Kier alpha value is -4.43. The number of hydrogen-bond acceptors (Lipinski definition) is 4. The summed E-state index contributed by atoms with van der Waals surface area (Å²) >= 11 is 0. The predicted molar refractivity (Wildman–Crippen MR) is 183 cm³/mol. The van der Waals surface area contributed by atoms with E-state index in [2.05, 4.69) is 5.32 Å². The number of anilines is 1. The molecule has 0 aliphatic heterocycles. The van der Waals surface area contributed by atoms with Crippen LogP contribution in [0.2, 0.25) is 0 Å². The van der Waals surface area contributed by atoms with Gasteiger partial charge in [-0.25, -0.2) is 8.42 Å². The van der Waals surface area contributed by atoms with Crippen molar-refractivity contribution in [3.05, 3.63) is 131 Å². The second-order valence-electron chi connectivity index (χ2n) is 12.3. The number of carbonyl (C=O) groups excluding carboxylic acids is 2. The number of hydrogen-bond donors (Lipinski definition) is 1. The number of benzene rings is 4. The summed E-state index contributed by atoms with van der Waals surface area (Å²) < 4.78 is 29.7. The molecular weight excluding hydrogens is 595 g/mol. The van der Waals surface area contributed by atoms with Crippen LogP contribution in [0.5, 0.6) is 0 Å². The lowest BCUT2D eigenvalue weighted by Crippen LogP contribution is -2.54. The first-order valence-corrected chi connectivity index (χ1v) is 17.4. The number of carbonyl (C=O) groups is 2. The van der Waals surface area contributed by atoms with Gasteiger partial charge in [0.15, 0.2) is 0 Å². The van der Waals surface area contributed by atoms with E-state index in [1.807, 2.05) is 87.5 Å². The van der Waals surface area contributed by atoms with E-state index in [-0.39, 0.29) is 23.4 Å². The Kier molecular flexibility index (Phi) is 10.6. The van der Waals surface area contributed by atoms with Crippen LogP contribution in [0.4, 0.5) is 5.69 Å². The third-order valence-electron chi connectivity index (χ3n) is 8.64. The Morgan fingerprint density at radius 2 is 1.41 bits per heavy atom. The standard InChI is InChI=1S/C38H43N3O4S/c1-28-13-12-16-32(24-28)26-40(36(25-31-14-6-4-7-15-31)38(43)39-33-17-10-11-18-33)37(42)27-41(35-22-21-29(2)23-30(35)3)46(44,45)34-19-8-5-9-20-34/h4-9,12-16,19-24,33,36H,10-11,17-18,25-27H2,1-3H3,(H,39,43)/t36-/m1/s1. The molecule has 0 radical (unpaired) electrons. The highest BCUT2D eigenvalue weighted by molar-refractivity contribution is 7.92. The first-order valence-electron chi connectivity index (χ1n) is 16.0. The minimum atomic E-state index is -4.14. The molecule has 0 saturated heterocycles. The smallest absolute Gasteiger partial charge is 0.264 e. The SMILES string of the molecule is Cc1cccc(CN(C(=O)CN(c2ccc(C)cc2C)S(=O)(=O)c2ccccc2)[C@H](Cc2ccccc2)C(=O)NC2CCCC2)c1. The zero-order chi connectivity index (χ0) is 32.7. The topological polar surface area (TPSA) is 86.8 Å². The van der Waals surface area contributed by atoms with Gasteiger partial charge in [-0.3, -0.25) is 13.9 Å². The number of rotatable bonds is 12. The summed E-state index contributed by atoms with van der Waals surface area (Å²) in [6, 6.07) is 30.4. The molecule has 1 atom stereocenters. The Morgan fingerprint density at radius 3 is 2.07 bits per heavy atom. The Bertz CT molecular complexity index is 1750. The molecule has 5 rings (SSSR count). The van der Waals surface area contributed by atoms with Gasteiger partial charge in [0.2, 0.25) is 11.8 Å². The van der Waals surface area contributed by atoms with Crippen molar-refractivity contribution in [1.82, 2.24) is 10.2 Å². The van der Waals surface area contributed by atoms with Gasteiger partial charge >= 0.3 is 0 Å². The minimum Gasteiger partial charge on any atom is -0.352 e. The highest BCUT2D eigenvalue weighted by Gasteiger charge is 2.36. The summed E-state index contributed by atoms with van der Waals surface area (Å²) in [5.41, 5.74) is 4.95. The van der Waals surface area contributed by atoms with Crippen LogP contribution in [0.3, 0.4) is 0 Å². The highest BCUT2D eigenvalue weighted by atomic mass is 32.2. The number of nitrogens with zero attached hydrogens (tertiary/aromatic N) is 2. The van der Waals surface area contributed by atoms with Gasteiger partial charge in [-0.05, 0) is 68.5 Å². The van der Waals surface area contributed by atoms with Crippen LogP contribution in [0, 0.1) is 20.8 Å². The van der Waals surface area contributed by atoms with E-state index in [1.54, 1.807) is 29.2 Å². The maximum absolute atomic E-state index is 14.7. The Labute approximate surface area is 273 Å². The Balaban J connectivity index is 1.58. The zero-order valence-corrected chi connectivity index (χ0v) is 27.7. The van der Waals surface area contributed by atoms with Crippen LogP contribution in [0.1, 0.15) is 53.5 Å². The van der Waals surface area contributed by atoms with Gasteiger partial charge in [0.25, 0.3) is 10.0 Å². The average molecular weight is 638 g/mol. The van der Waals surface area contributed by atoms with Crippen LogP contribution < -0.4 is 9.62 Å². The summed E-state index contributed by atoms with van der Waals surface area (Å²) in [5.74, 6) is -0.677. The molecule has 240 valence electrons. The first kappa shape index (κ1) is 32.9. The van der Waals surface area contributed by atoms with Crippen LogP contribution in [0.15, 0.2) is 108 Å². The molecule has 0 aromatic heterocycles. The molecule has 8 heteroatoms. The van der Waals surface area contributed by atoms with Crippen molar-refractivity contribution in [2.75, 3.05) is 10.8 Å². The molecule has 1 aliphatic carbocycles. The molecule has 0 spiro atoms. The summed E-state index contributed by atoms with van der Waals surface area (Å²) in [4.78, 5) is 30.5. The van der Waals surface area contributed by atoms with Crippen LogP contribution in [-0.4, -0.2) is 43.8 Å². The van der Waals surface area contributed by atoms with Gasteiger partial charge in [0.05, 0.1) is 10.6 Å². The quantitative estimate of drug-likeness (QED) is 0.192. The van der Waals surface area contributed by atoms with Crippen molar-refractivity contribution < 1.29 is 18.0 Å². The fraction of sp³-hybridized carbons (Fsp3) is 0.316. The molecule has 1 N–H and O–H groups in total. The second-order valence-corrected chi connectivity index (χ2v) is 14.2. The molecule has 0 bridgehead atoms. The largest absolute Gasteiger partial charge is 0.352 e. The third kappa shape index (κ3) is 8.04. The van der Waals surface area contributed by atoms with Crippen molar-refractivity contribution in [2.45, 2.75) is 76.4 Å². The van der Waals surface area contributed by atoms with Gasteiger partial charge in [0.1, 0.15) is 12.6 Å². The molecule has 4 aromatic rings. The summed E-state index contributed by atoms with van der Waals surface area (Å²) in [6.45, 7) is 5.46. The van der Waals surface area contributed by atoms with Crippen molar-refractivity contribution in [1.29, 1.82) is 0 Å².